The molecule has 0 amide bonds. The quantitative estimate of drug-likeness (QED) is 0.610. The van der Waals surface area contributed by atoms with Crippen molar-refractivity contribution in [2.75, 3.05) is 24.7 Å². The van der Waals surface area contributed by atoms with Crippen LogP contribution in [-0.4, -0.2) is 55.9 Å². The van der Waals surface area contributed by atoms with Gasteiger partial charge in [0.2, 0.25) is 0 Å². The van der Waals surface area contributed by atoms with Gasteiger partial charge in [-0.05, 0) is 63.9 Å². The van der Waals surface area contributed by atoms with Crippen LogP contribution < -0.4 is 10.2 Å². The molecule has 2 aliphatic heterocycles. The van der Waals surface area contributed by atoms with E-state index in [2.05, 4.69) is 39.9 Å². The summed E-state index contributed by atoms with van der Waals surface area (Å²) >= 11 is 0. The van der Waals surface area contributed by atoms with Gasteiger partial charge in [-0.2, -0.15) is 10.2 Å². The van der Waals surface area contributed by atoms with E-state index in [1.54, 1.807) is 0 Å². The summed E-state index contributed by atoms with van der Waals surface area (Å²) in [7, 11) is 1.97. The number of aryl methyl sites for hydroxylation is 3. The number of nitrogens with one attached hydrogen (secondary N) is 1. The zero-order chi connectivity index (χ0) is 23.8. The standard InChI is InChI=1S/C27H37N7O/c1-18-12-24(21-13-28-32(3)25(21)29-18)33-11-4-23-22(14-33)19(2)31-34(23)17-26-5-8-27(9-6-26,10-7-26)30-20-15-35-16-20/h12-13,20,30H,4-11,14-17H2,1-3H3. The molecule has 8 heteroatoms. The summed E-state index contributed by atoms with van der Waals surface area (Å²) < 4.78 is 9.70. The van der Waals surface area contributed by atoms with Crippen LogP contribution in [0.5, 0.6) is 0 Å². The highest BCUT2D eigenvalue weighted by molar-refractivity contribution is 5.89. The van der Waals surface area contributed by atoms with Crippen LogP contribution in [0.1, 0.15) is 61.2 Å². The molecule has 1 saturated heterocycles. The first-order chi connectivity index (χ1) is 16.9. The highest BCUT2D eigenvalue weighted by Gasteiger charge is 2.50. The molecular formula is C27H37N7O. The zero-order valence-electron chi connectivity index (χ0n) is 21.3. The molecule has 0 atom stereocenters. The Bertz CT molecular complexity index is 1260. The van der Waals surface area contributed by atoms with E-state index in [1.165, 1.54) is 61.2 Å². The number of hydrogen-bond acceptors (Lipinski definition) is 6. The number of hydrogen-bond donors (Lipinski definition) is 1. The normalized spacial score (nSPS) is 28.5. The molecule has 5 heterocycles. The van der Waals surface area contributed by atoms with Gasteiger partial charge in [0, 0.05) is 55.6 Å². The Balaban J connectivity index is 1.11. The van der Waals surface area contributed by atoms with Crippen LogP contribution in [-0.2, 0) is 31.3 Å². The van der Waals surface area contributed by atoms with Crippen LogP contribution in [0.25, 0.3) is 11.0 Å². The van der Waals surface area contributed by atoms with Gasteiger partial charge < -0.3 is 15.0 Å². The van der Waals surface area contributed by atoms with Gasteiger partial charge >= 0.3 is 0 Å². The second-order valence-electron chi connectivity index (χ2n) is 11.8. The topological polar surface area (TPSA) is 73.0 Å². The molecule has 3 saturated carbocycles. The minimum atomic E-state index is 0.371. The second-order valence-corrected chi connectivity index (χ2v) is 11.8. The van der Waals surface area contributed by atoms with Crippen LogP contribution in [0.2, 0.25) is 0 Å². The van der Waals surface area contributed by atoms with Gasteiger partial charge in [-0.25, -0.2) is 4.98 Å². The van der Waals surface area contributed by atoms with E-state index >= 15 is 0 Å². The fourth-order valence-electron chi connectivity index (χ4n) is 7.27. The number of ether oxygens (including phenoxy) is 1. The van der Waals surface area contributed by atoms with E-state index in [0.717, 1.165) is 56.0 Å². The van der Waals surface area contributed by atoms with Crippen molar-refractivity contribution < 1.29 is 4.74 Å². The van der Waals surface area contributed by atoms with Crippen LogP contribution in [0, 0.1) is 19.3 Å². The second kappa shape index (κ2) is 7.77. The summed E-state index contributed by atoms with van der Waals surface area (Å²) in [5, 5.41) is 14.7. The lowest BCUT2D eigenvalue weighted by atomic mass is 9.57. The highest BCUT2D eigenvalue weighted by atomic mass is 16.5. The Morgan fingerprint density at radius 2 is 1.89 bits per heavy atom. The molecule has 3 aliphatic carbocycles. The van der Waals surface area contributed by atoms with Crippen molar-refractivity contribution in [1.29, 1.82) is 0 Å². The fourth-order valence-corrected chi connectivity index (χ4v) is 7.27. The number of rotatable bonds is 5. The SMILES string of the molecule is Cc1cc(N2CCc3c(c(C)nn3CC34CCC(NC5COC5)(CC3)CC4)C2)c2cnn(C)c2n1. The molecule has 0 spiro atoms. The van der Waals surface area contributed by atoms with Crippen molar-refractivity contribution >= 4 is 16.7 Å². The zero-order valence-corrected chi connectivity index (χ0v) is 21.3. The van der Waals surface area contributed by atoms with Gasteiger partial charge in [0.05, 0.1) is 42.2 Å². The molecule has 186 valence electrons. The Hall–Kier alpha value is -2.45. The summed E-state index contributed by atoms with van der Waals surface area (Å²) in [4.78, 5) is 7.22. The maximum absolute atomic E-state index is 5.41. The van der Waals surface area contributed by atoms with Crippen LogP contribution in [0.15, 0.2) is 12.3 Å². The third-order valence-electron chi connectivity index (χ3n) is 9.52. The predicted molar refractivity (Wildman–Crippen MR) is 136 cm³/mol. The first-order valence-electron chi connectivity index (χ1n) is 13.4. The van der Waals surface area contributed by atoms with E-state index in [1.807, 2.05) is 17.9 Å². The van der Waals surface area contributed by atoms with Gasteiger partial charge in [0.15, 0.2) is 5.65 Å². The maximum atomic E-state index is 5.41. The van der Waals surface area contributed by atoms with Crippen LogP contribution in [0.4, 0.5) is 5.69 Å². The smallest absolute Gasteiger partial charge is 0.159 e. The Kier molecular flexibility index (Phi) is 4.84. The minimum absolute atomic E-state index is 0.371. The molecular weight excluding hydrogens is 438 g/mol. The van der Waals surface area contributed by atoms with Crippen LogP contribution >= 0.6 is 0 Å². The Labute approximate surface area is 207 Å². The molecule has 3 aromatic heterocycles. The lowest BCUT2D eigenvalue weighted by Crippen LogP contribution is -2.62. The Morgan fingerprint density at radius 1 is 1.11 bits per heavy atom. The van der Waals surface area contributed by atoms with Crippen molar-refractivity contribution in [2.45, 2.75) is 83.5 Å². The summed E-state index contributed by atoms with van der Waals surface area (Å²) in [5.74, 6) is 0. The van der Waals surface area contributed by atoms with Crippen molar-refractivity contribution in [3.8, 4) is 0 Å². The average Bonchev–Trinajstić information content (AvgIpc) is 3.36. The van der Waals surface area contributed by atoms with Gasteiger partial charge in [0.25, 0.3) is 0 Å². The molecule has 35 heavy (non-hydrogen) atoms. The lowest BCUT2D eigenvalue weighted by Gasteiger charge is -2.55. The fraction of sp³-hybridized carbons (Fsp3) is 0.667. The van der Waals surface area contributed by atoms with Gasteiger partial charge in [-0.1, -0.05) is 0 Å². The van der Waals surface area contributed by atoms with Gasteiger partial charge in [-0.15, -0.1) is 0 Å². The van der Waals surface area contributed by atoms with Gasteiger partial charge in [0.1, 0.15) is 0 Å². The molecule has 8 rings (SSSR count). The molecule has 1 N–H and O–H groups in total. The summed E-state index contributed by atoms with van der Waals surface area (Å²) in [6.45, 7) is 9.08. The van der Waals surface area contributed by atoms with E-state index in [0.29, 0.717) is 17.0 Å². The van der Waals surface area contributed by atoms with E-state index < -0.39 is 0 Å². The van der Waals surface area contributed by atoms with E-state index in [-0.39, 0.29) is 0 Å². The number of nitrogens with zero attached hydrogens (tertiary/aromatic N) is 6. The van der Waals surface area contributed by atoms with E-state index in [9.17, 15) is 0 Å². The molecule has 0 aromatic carbocycles. The van der Waals surface area contributed by atoms with Gasteiger partial charge in [-0.3, -0.25) is 9.36 Å². The Morgan fingerprint density at radius 3 is 2.60 bits per heavy atom. The lowest BCUT2D eigenvalue weighted by molar-refractivity contribution is -0.0538. The van der Waals surface area contributed by atoms with Crippen molar-refractivity contribution in [3.05, 3.63) is 34.9 Å². The molecule has 5 aliphatic rings. The largest absolute Gasteiger partial charge is 0.378 e. The maximum Gasteiger partial charge on any atom is 0.159 e. The van der Waals surface area contributed by atoms with Crippen molar-refractivity contribution in [3.63, 3.8) is 0 Å². The number of aromatic nitrogens is 5. The monoisotopic (exact) mass is 475 g/mol. The van der Waals surface area contributed by atoms with Crippen molar-refractivity contribution in [1.82, 2.24) is 29.9 Å². The number of anilines is 1. The highest BCUT2D eigenvalue weighted by Crippen LogP contribution is 2.53. The predicted octanol–water partition coefficient (Wildman–Crippen LogP) is 3.43. The number of pyridine rings is 1. The summed E-state index contributed by atoms with van der Waals surface area (Å²) in [6, 6.07) is 2.80. The number of fused-ring (bicyclic) bond motifs is 5. The first-order valence-corrected chi connectivity index (χ1v) is 13.4. The van der Waals surface area contributed by atoms with Crippen LogP contribution in [0.3, 0.4) is 0 Å². The third-order valence-corrected chi connectivity index (χ3v) is 9.52. The van der Waals surface area contributed by atoms with Crippen molar-refractivity contribution in [2.24, 2.45) is 12.5 Å². The molecule has 2 bridgehead atoms. The molecule has 0 unspecified atom stereocenters. The molecule has 8 nitrogen and oxygen atoms in total. The molecule has 3 aromatic rings. The average molecular weight is 476 g/mol. The minimum Gasteiger partial charge on any atom is -0.378 e. The summed E-state index contributed by atoms with van der Waals surface area (Å²) in [6.07, 6.45) is 10.9. The summed E-state index contributed by atoms with van der Waals surface area (Å²) in [5.41, 5.74) is 8.13. The first kappa shape index (κ1) is 21.8. The van der Waals surface area contributed by atoms with E-state index in [4.69, 9.17) is 14.8 Å². The third kappa shape index (κ3) is 3.51. The molecule has 4 fully saturated rings. The molecule has 0 radical (unpaired) electrons.